The van der Waals surface area contributed by atoms with E-state index in [2.05, 4.69) is 11.1 Å². The molecule has 0 atom stereocenters. The van der Waals surface area contributed by atoms with Crippen molar-refractivity contribution in [1.29, 1.82) is 0 Å². The zero-order valence-corrected chi connectivity index (χ0v) is 10.1. The number of carbonyl (C=O) groups is 1. The zero-order valence-electron chi connectivity index (χ0n) is 10.1. The first-order valence-corrected chi connectivity index (χ1v) is 5.67. The lowest BCUT2D eigenvalue weighted by Crippen LogP contribution is -2.31. The molecule has 1 aliphatic rings. The van der Waals surface area contributed by atoms with E-state index in [1.807, 2.05) is 39.0 Å². The number of hydrogen-bond acceptors (Lipinski definition) is 2. The van der Waals surface area contributed by atoms with Crippen molar-refractivity contribution in [2.75, 3.05) is 6.54 Å². The van der Waals surface area contributed by atoms with E-state index in [0.717, 1.165) is 18.5 Å². The fourth-order valence-corrected chi connectivity index (χ4v) is 1.89. The summed E-state index contributed by atoms with van der Waals surface area (Å²) in [5.41, 5.74) is 2.57. The number of carbonyl (C=O) groups excluding carboxylic acids is 1. The lowest BCUT2D eigenvalue weighted by Gasteiger charge is -2.22. The summed E-state index contributed by atoms with van der Waals surface area (Å²) in [5.74, 6) is 0.139. The van der Waals surface area contributed by atoms with E-state index < -0.39 is 0 Å². The summed E-state index contributed by atoms with van der Waals surface area (Å²) in [6.45, 7) is 6.55. The number of aliphatic imine (C=N–C) groups is 1. The molecule has 1 aromatic carbocycles. The lowest BCUT2D eigenvalue weighted by molar-refractivity contribution is -0.119. The van der Waals surface area contributed by atoms with Gasteiger partial charge in [-0.3, -0.25) is 9.79 Å². The van der Waals surface area contributed by atoms with Crippen LogP contribution in [0.25, 0.3) is 0 Å². The molecule has 2 rings (SSSR count). The number of fused-ring (bicyclic) bond motifs is 1. The summed E-state index contributed by atoms with van der Waals surface area (Å²) >= 11 is 0. The summed E-state index contributed by atoms with van der Waals surface area (Å²) in [7, 11) is 0. The minimum Gasteiger partial charge on any atom is -0.292 e. The predicted molar refractivity (Wildman–Crippen MR) is 66.0 cm³/mol. The molecule has 0 fully saturated rings. The average molecular weight is 215 g/mol. The Kier molecular flexibility index (Phi) is 2.66. The van der Waals surface area contributed by atoms with Crippen LogP contribution in [0, 0.1) is 5.41 Å². The SMILES string of the molecule is CC(C)(C)C(=O)C1=NCCc2ccccc21. The van der Waals surface area contributed by atoms with Gasteiger partial charge in [-0.1, -0.05) is 45.0 Å². The van der Waals surface area contributed by atoms with Gasteiger partial charge in [-0.05, 0) is 12.0 Å². The molecule has 0 saturated carbocycles. The highest BCUT2D eigenvalue weighted by molar-refractivity contribution is 6.48. The number of hydrogen-bond donors (Lipinski definition) is 0. The van der Waals surface area contributed by atoms with Crippen molar-refractivity contribution in [2.45, 2.75) is 27.2 Å². The van der Waals surface area contributed by atoms with Crippen LogP contribution in [-0.4, -0.2) is 18.0 Å². The number of rotatable bonds is 1. The normalized spacial score (nSPS) is 15.3. The zero-order chi connectivity index (χ0) is 11.8. The van der Waals surface area contributed by atoms with Crippen molar-refractivity contribution in [1.82, 2.24) is 0 Å². The van der Waals surface area contributed by atoms with Crippen LogP contribution >= 0.6 is 0 Å². The highest BCUT2D eigenvalue weighted by Crippen LogP contribution is 2.23. The highest BCUT2D eigenvalue weighted by Gasteiger charge is 2.29. The van der Waals surface area contributed by atoms with Crippen LogP contribution in [0.3, 0.4) is 0 Å². The Morgan fingerprint density at radius 2 is 1.94 bits per heavy atom. The third-order valence-electron chi connectivity index (χ3n) is 2.82. The first-order valence-electron chi connectivity index (χ1n) is 5.67. The smallest absolute Gasteiger partial charge is 0.186 e. The van der Waals surface area contributed by atoms with E-state index in [0.29, 0.717) is 5.71 Å². The maximum absolute atomic E-state index is 12.3. The maximum Gasteiger partial charge on any atom is 0.186 e. The van der Waals surface area contributed by atoms with Crippen molar-refractivity contribution in [3.05, 3.63) is 35.4 Å². The molecule has 2 heteroatoms. The predicted octanol–water partition coefficient (Wildman–Crippen LogP) is 2.65. The Morgan fingerprint density at radius 1 is 1.25 bits per heavy atom. The molecule has 0 unspecified atom stereocenters. The summed E-state index contributed by atoms with van der Waals surface area (Å²) in [6, 6.07) is 8.07. The highest BCUT2D eigenvalue weighted by atomic mass is 16.1. The van der Waals surface area contributed by atoms with Gasteiger partial charge in [0.2, 0.25) is 0 Å². The van der Waals surface area contributed by atoms with Crippen molar-refractivity contribution in [3.8, 4) is 0 Å². The molecular weight excluding hydrogens is 198 g/mol. The standard InChI is InChI=1S/C14H17NO/c1-14(2,3)13(16)12-11-7-5-4-6-10(11)8-9-15-12/h4-7H,8-9H2,1-3H3. The van der Waals surface area contributed by atoms with Crippen molar-refractivity contribution >= 4 is 11.5 Å². The van der Waals surface area contributed by atoms with Crippen molar-refractivity contribution in [3.63, 3.8) is 0 Å². The molecule has 0 radical (unpaired) electrons. The average Bonchev–Trinajstić information content (AvgIpc) is 2.26. The van der Waals surface area contributed by atoms with Gasteiger partial charge in [0.1, 0.15) is 5.71 Å². The number of nitrogens with zero attached hydrogens (tertiary/aromatic N) is 1. The van der Waals surface area contributed by atoms with Crippen LogP contribution in [0.4, 0.5) is 0 Å². The van der Waals surface area contributed by atoms with Gasteiger partial charge in [-0.2, -0.15) is 0 Å². The molecule has 0 aliphatic carbocycles. The molecule has 1 heterocycles. The number of Topliss-reactive ketones (excluding diaryl/α,β-unsaturated/α-hetero) is 1. The fourth-order valence-electron chi connectivity index (χ4n) is 1.89. The maximum atomic E-state index is 12.3. The summed E-state index contributed by atoms with van der Waals surface area (Å²) in [6.07, 6.45) is 0.942. The van der Waals surface area contributed by atoms with Crippen LogP contribution in [0.15, 0.2) is 29.3 Å². The van der Waals surface area contributed by atoms with E-state index >= 15 is 0 Å². The molecule has 1 aromatic rings. The largest absolute Gasteiger partial charge is 0.292 e. The van der Waals surface area contributed by atoms with Gasteiger partial charge < -0.3 is 0 Å². The molecule has 0 saturated heterocycles. The monoisotopic (exact) mass is 215 g/mol. The van der Waals surface area contributed by atoms with E-state index in [-0.39, 0.29) is 11.2 Å². The molecule has 16 heavy (non-hydrogen) atoms. The van der Waals surface area contributed by atoms with E-state index in [4.69, 9.17) is 0 Å². The van der Waals surface area contributed by atoms with Gasteiger partial charge in [-0.25, -0.2) is 0 Å². The third-order valence-corrected chi connectivity index (χ3v) is 2.82. The Hall–Kier alpha value is -1.44. The van der Waals surface area contributed by atoms with Gasteiger partial charge in [0.15, 0.2) is 5.78 Å². The molecule has 84 valence electrons. The first-order chi connectivity index (χ1) is 7.50. The van der Waals surface area contributed by atoms with Crippen LogP contribution in [0.1, 0.15) is 31.9 Å². The fraction of sp³-hybridized carbons (Fsp3) is 0.429. The van der Waals surface area contributed by atoms with Crippen LogP contribution in [-0.2, 0) is 11.2 Å². The topological polar surface area (TPSA) is 29.4 Å². The molecule has 0 N–H and O–H groups in total. The summed E-state index contributed by atoms with van der Waals surface area (Å²) in [4.78, 5) is 16.7. The van der Waals surface area contributed by atoms with Gasteiger partial charge in [0.25, 0.3) is 0 Å². The summed E-state index contributed by atoms with van der Waals surface area (Å²) in [5, 5.41) is 0. The van der Waals surface area contributed by atoms with Crippen LogP contribution < -0.4 is 0 Å². The molecule has 0 amide bonds. The van der Waals surface area contributed by atoms with E-state index in [9.17, 15) is 4.79 Å². The van der Waals surface area contributed by atoms with Gasteiger partial charge >= 0.3 is 0 Å². The quantitative estimate of drug-likeness (QED) is 0.708. The Morgan fingerprint density at radius 3 is 2.62 bits per heavy atom. The third kappa shape index (κ3) is 1.92. The van der Waals surface area contributed by atoms with Gasteiger partial charge in [0.05, 0.1) is 0 Å². The van der Waals surface area contributed by atoms with E-state index in [1.165, 1.54) is 5.56 Å². The number of ketones is 1. The van der Waals surface area contributed by atoms with Crippen molar-refractivity contribution < 1.29 is 4.79 Å². The molecule has 2 nitrogen and oxygen atoms in total. The Bertz CT molecular complexity index is 452. The van der Waals surface area contributed by atoms with Gasteiger partial charge in [0, 0.05) is 17.5 Å². The van der Waals surface area contributed by atoms with Gasteiger partial charge in [-0.15, -0.1) is 0 Å². The lowest BCUT2D eigenvalue weighted by atomic mass is 9.83. The molecule has 0 bridgehead atoms. The first kappa shape index (κ1) is 11.1. The molecule has 1 aliphatic heterocycles. The minimum absolute atomic E-state index is 0.139. The molecule has 0 spiro atoms. The van der Waals surface area contributed by atoms with Crippen molar-refractivity contribution in [2.24, 2.45) is 10.4 Å². The molecule has 0 aromatic heterocycles. The second-order valence-corrected chi connectivity index (χ2v) is 5.22. The summed E-state index contributed by atoms with van der Waals surface area (Å²) < 4.78 is 0. The van der Waals surface area contributed by atoms with E-state index in [1.54, 1.807) is 0 Å². The Balaban J connectivity index is 2.44. The number of benzene rings is 1. The van der Waals surface area contributed by atoms with Crippen LogP contribution in [0.5, 0.6) is 0 Å². The second-order valence-electron chi connectivity index (χ2n) is 5.22. The van der Waals surface area contributed by atoms with Crippen LogP contribution in [0.2, 0.25) is 0 Å². The Labute approximate surface area is 96.4 Å². The second kappa shape index (κ2) is 3.85. The molecular formula is C14H17NO. The minimum atomic E-state index is -0.358.